The van der Waals surface area contributed by atoms with Crippen LogP contribution in [0.3, 0.4) is 0 Å². The number of ether oxygens (including phenoxy) is 1. The Kier molecular flexibility index (Phi) is 7.05. The van der Waals surface area contributed by atoms with Gasteiger partial charge in [-0.2, -0.15) is 0 Å². The monoisotopic (exact) mass is 433 g/mol. The Bertz CT molecular complexity index is 965. The highest BCUT2D eigenvalue weighted by Crippen LogP contribution is 2.28. The summed E-state index contributed by atoms with van der Waals surface area (Å²) in [5, 5.41) is 11.0. The summed E-state index contributed by atoms with van der Waals surface area (Å²) in [5.41, 5.74) is 3.03. The zero-order chi connectivity index (χ0) is 20.1. The molecule has 0 unspecified atom stereocenters. The van der Waals surface area contributed by atoms with Crippen molar-refractivity contribution in [3.63, 3.8) is 0 Å². The van der Waals surface area contributed by atoms with Crippen LogP contribution in [0.15, 0.2) is 54.2 Å². The van der Waals surface area contributed by atoms with Gasteiger partial charge in [0.15, 0.2) is 11.0 Å². The molecule has 3 rings (SSSR count). The SMILES string of the molecule is C=CCn1c(COc2cc(C)c(Cl)c(C)c2)nnc1SCc1ccccc1Cl. The number of rotatable bonds is 8. The van der Waals surface area contributed by atoms with E-state index in [1.807, 2.05) is 60.9 Å². The van der Waals surface area contributed by atoms with E-state index in [-0.39, 0.29) is 0 Å². The highest BCUT2D eigenvalue weighted by atomic mass is 35.5. The van der Waals surface area contributed by atoms with Crippen LogP contribution in [0.2, 0.25) is 10.0 Å². The second-order valence-electron chi connectivity index (χ2n) is 6.34. The van der Waals surface area contributed by atoms with Gasteiger partial charge < -0.3 is 4.74 Å². The van der Waals surface area contributed by atoms with Crippen LogP contribution in [0.5, 0.6) is 5.75 Å². The molecule has 0 spiro atoms. The Morgan fingerprint density at radius 1 is 1.14 bits per heavy atom. The van der Waals surface area contributed by atoms with Crippen molar-refractivity contribution in [3.8, 4) is 5.75 Å². The standard InChI is InChI=1S/C21H21Cl2N3OS/c1-4-9-26-19(12-27-17-10-14(2)20(23)15(3)11-17)24-25-21(26)28-13-16-7-5-6-8-18(16)22/h4-8,10-11H,1,9,12-13H2,2-3H3. The van der Waals surface area contributed by atoms with Crippen LogP contribution in [-0.4, -0.2) is 14.8 Å². The first-order valence-electron chi connectivity index (χ1n) is 8.78. The summed E-state index contributed by atoms with van der Waals surface area (Å²) in [6.45, 7) is 8.69. The smallest absolute Gasteiger partial charge is 0.191 e. The molecule has 0 saturated heterocycles. The number of thioether (sulfide) groups is 1. The van der Waals surface area contributed by atoms with Gasteiger partial charge in [0.1, 0.15) is 12.4 Å². The number of hydrogen-bond acceptors (Lipinski definition) is 4. The molecule has 4 nitrogen and oxygen atoms in total. The van der Waals surface area contributed by atoms with Crippen LogP contribution in [0.4, 0.5) is 0 Å². The van der Waals surface area contributed by atoms with E-state index in [2.05, 4.69) is 16.8 Å². The van der Waals surface area contributed by atoms with Crippen molar-refractivity contribution in [1.29, 1.82) is 0 Å². The van der Waals surface area contributed by atoms with Gasteiger partial charge in [-0.05, 0) is 48.7 Å². The average molecular weight is 434 g/mol. The van der Waals surface area contributed by atoms with Gasteiger partial charge in [-0.15, -0.1) is 16.8 Å². The Morgan fingerprint density at radius 2 is 1.86 bits per heavy atom. The molecule has 0 saturated carbocycles. The largest absolute Gasteiger partial charge is 0.486 e. The Hall–Kier alpha value is -1.95. The van der Waals surface area contributed by atoms with Crippen LogP contribution in [0.1, 0.15) is 22.5 Å². The Morgan fingerprint density at radius 3 is 2.54 bits per heavy atom. The van der Waals surface area contributed by atoms with E-state index in [1.165, 1.54) is 0 Å². The minimum Gasteiger partial charge on any atom is -0.486 e. The number of aromatic nitrogens is 3. The molecule has 0 N–H and O–H groups in total. The van der Waals surface area contributed by atoms with Crippen molar-refractivity contribution >= 4 is 35.0 Å². The minimum atomic E-state index is 0.313. The van der Waals surface area contributed by atoms with Gasteiger partial charge in [0.2, 0.25) is 0 Å². The lowest BCUT2D eigenvalue weighted by Crippen LogP contribution is -2.07. The predicted octanol–water partition coefficient (Wildman–Crippen LogP) is 6.26. The van der Waals surface area contributed by atoms with Crippen molar-refractivity contribution in [1.82, 2.24) is 14.8 Å². The molecule has 1 aromatic heterocycles. The Labute approximate surface area is 179 Å². The third kappa shape index (κ3) is 4.90. The van der Waals surface area contributed by atoms with Gasteiger partial charge >= 0.3 is 0 Å². The summed E-state index contributed by atoms with van der Waals surface area (Å²) < 4.78 is 7.95. The fourth-order valence-corrected chi connectivity index (χ4v) is 4.10. The Balaban J connectivity index is 1.73. The molecule has 2 aromatic carbocycles. The number of hydrogen-bond donors (Lipinski definition) is 0. The third-order valence-corrected chi connectivity index (χ3v) is 6.18. The summed E-state index contributed by atoms with van der Waals surface area (Å²) in [5.74, 6) is 2.22. The fraction of sp³-hybridized carbons (Fsp3) is 0.238. The topological polar surface area (TPSA) is 39.9 Å². The van der Waals surface area contributed by atoms with Crippen molar-refractivity contribution in [2.24, 2.45) is 0 Å². The summed E-state index contributed by atoms with van der Waals surface area (Å²) >= 11 is 14.1. The van der Waals surface area contributed by atoms with E-state index < -0.39 is 0 Å². The summed E-state index contributed by atoms with van der Waals surface area (Å²) in [4.78, 5) is 0. The molecule has 146 valence electrons. The highest BCUT2D eigenvalue weighted by Gasteiger charge is 2.14. The van der Waals surface area contributed by atoms with E-state index in [0.29, 0.717) is 18.9 Å². The maximum Gasteiger partial charge on any atom is 0.191 e. The predicted molar refractivity (Wildman–Crippen MR) is 116 cm³/mol. The lowest BCUT2D eigenvalue weighted by molar-refractivity contribution is 0.289. The maximum absolute atomic E-state index is 6.25. The highest BCUT2D eigenvalue weighted by molar-refractivity contribution is 7.98. The molecule has 7 heteroatoms. The van der Waals surface area contributed by atoms with E-state index in [9.17, 15) is 0 Å². The second kappa shape index (κ2) is 9.50. The molecule has 28 heavy (non-hydrogen) atoms. The number of benzene rings is 2. The molecular formula is C21H21Cl2N3OS. The zero-order valence-corrected chi connectivity index (χ0v) is 18.1. The number of aryl methyl sites for hydroxylation is 2. The second-order valence-corrected chi connectivity index (χ2v) is 8.07. The summed E-state index contributed by atoms with van der Waals surface area (Å²) in [6.07, 6.45) is 1.82. The number of halogens is 2. The molecule has 3 aromatic rings. The van der Waals surface area contributed by atoms with E-state index in [0.717, 1.165) is 43.5 Å². The van der Waals surface area contributed by atoms with E-state index in [4.69, 9.17) is 27.9 Å². The van der Waals surface area contributed by atoms with Gasteiger partial charge in [0.25, 0.3) is 0 Å². The lowest BCUT2D eigenvalue weighted by Gasteiger charge is -2.11. The van der Waals surface area contributed by atoms with Gasteiger partial charge in [0, 0.05) is 22.3 Å². The quantitative estimate of drug-likeness (QED) is 0.310. The summed E-state index contributed by atoms with van der Waals surface area (Å²) in [7, 11) is 0. The number of nitrogens with zero attached hydrogens (tertiary/aromatic N) is 3. The molecule has 0 bridgehead atoms. The van der Waals surface area contributed by atoms with Crippen LogP contribution in [0.25, 0.3) is 0 Å². The van der Waals surface area contributed by atoms with Gasteiger partial charge in [-0.1, -0.05) is 59.2 Å². The van der Waals surface area contributed by atoms with E-state index in [1.54, 1.807) is 11.8 Å². The van der Waals surface area contributed by atoms with Crippen molar-refractivity contribution in [3.05, 3.63) is 81.6 Å². The van der Waals surface area contributed by atoms with Crippen LogP contribution in [0, 0.1) is 13.8 Å². The zero-order valence-electron chi connectivity index (χ0n) is 15.8. The first kappa shape index (κ1) is 20.8. The van der Waals surface area contributed by atoms with Crippen LogP contribution >= 0.6 is 35.0 Å². The summed E-state index contributed by atoms with van der Waals surface area (Å²) in [6, 6.07) is 11.7. The molecular weight excluding hydrogens is 413 g/mol. The van der Waals surface area contributed by atoms with Gasteiger partial charge in [-0.25, -0.2) is 0 Å². The molecule has 0 atom stereocenters. The fourth-order valence-electron chi connectivity index (χ4n) is 2.74. The van der Waals surface area contributed by atoms with Gasteiger partial charge in [-0.3, -0.25) is 4.57 Å². The van der Waals surface area contributed by atoms with Gasteiger partial charge in [0.05, 0.1) is 0 Å². The number of allylic oxidation sites excluding steroid dienone is 1. The maximum atomic E-state index is 6.25. The molecule has 0 fully saturated rings. The molecule has 0 amide bonds. The average Bonchev–Trinajstić information content (AvgIpc) is 3.06. The molecule has 1 heterocycles. The first-order chi connectivity index (χ1) is 13.5. The van der Waals surface area contributed by atoms with Crippen molar-refractivity contribution in [2.45, 2.75) is 37.9 Å². The van der Waals surface area contributed by atoms with E-state index >= 15 is 0 Å². The van der Waals surface area contributed by atoms with Crippen molar-refractivity contribution in [2.75, 3.05) is 0 Å². The third-order valence-electron chi connectivity index (χ3n) is 4.20. The minimum absolute atomic E-state index is 0.313. The van der Waals surface area contributed by atoms with Crippen molar-refractivity contribution < 1.29 is 4.74 Å². The molecule has 0 aliphatic heterocycles. The molecule has 0 aliphatic rings. The normalized spacial score (nSPS) is 10.9. The molecule has 0 radical (unpaired) electrons. The lowest BCUT2D eigenvalue weighted by atomic mass is 10.1. The first-order valence-corrected chi connectivity index (χ1v) is 10.5. The van der Waals surface area contributed by atoms with Crippen LogP contribution < -0.4 is 4.74 Å². The van der Waals surface area contributed by atoms with Crippen LogP contribution in [-0.2, 0) is 18.9 Å². The molecule has 0 aliphatic carbocycles.